The predicted octanol–water partition coefficient (Wildman–Crippen LogP) is 3.76. The molecule has 0 nitrogen and oxygen atoms in total. The van der Waals surface area contributed by atoms with Crippen LogP contribution in [0.5, 0.6) is 0 Å². The van der Waals surface area contributed by atoms with Gasteiger partial charge in [0.1, 0.15) is 0 Å². The fourth-order valence-electron chi connectivity index (χ4n) is 1.55. The predicted molar refractivity (Wildman–Crippen MR) is 59.0 cm³/mol. The molecule has 0 N–H and O–H groups in total. The van der Waals surface area contributed by atoms with Gasteiger partial charge in [0.2, 0.25) is 0 Å². The van der Waals surface area contributed by atoms with E-state index < -0.39 is 0 Å². The van der Waals surface area contributed by atoms with Gasteiger partial charge in [-0.3, -0.25) is 0 Å². The second-order valence-electron chi connectivity index (χ2n) is 3.23. The van der Waals surface area contributed by atoms with Crippen LogP contribution in [0.15, 0.2) is 36.4 Å². The quantitative estimate of drug-likeness (QED) is 0.610. The molecule has 0 saturated carbocycles. The van der Waals surface area contributed by atoms with Crippen molar-refractivity contribution in [3.8, 4) is 0 Å². The van der Waals surface area contributed by atoms with Crippen LogP contribution < -0.4 is 0 Å². The summed E-state index contributed by atoms with van der Waals surface area (Å²) in [5.74, 6) is 0. The Balaban J connectivity index is 2.64. The maximum atomic E-state index is 2.24. The molecule has 0 heteroatoms. The third kappa shape index (κ3) is 3.06. The minimum atomic E-state index is 1.14. The summed E-state index contributed by atoms with van der Waals surface area (Å²) in [4.78, 5) is 0. The maximum Gasteiger partial charge on any atom is -0.0241 e. The van der Waals surface area contributed by atoms with Crippen LogP contribution >= 0.6 is 0 Å². The lowest BCUT2D eigenvalue weighted by molar-refractivity contribution is 0.959. The van der Waals surface area contributed by atoms with Crippen molar-refractivity contribution in [3.05, 3.63) is 47.5 Å². The molecule has 1 aromatic rings. The molecule has 0 unspecified atom stereocenters. The van der Waals surface area contributed by atoms with Gasteiger partial charge < -0.3 is 0 Å². The smallest absolute Gasteiger partial charge is 0.0241 e. The van der Waals surface area contributed by atoms with Crippen molar-refractivity contribution in [1.29, 1.82) is 0 Å². The number of aryl methyl sites for hydroxylation is 2. The van der Waals surface area contributed by atoms with Crippen molar-refractivity contribution in [1.82, 2.24) is 0 Å². The highest BCUT2D eigenvalue weighted by Gasteiger charge is 1.96. The molecule has 0 saturated heterocycles. The first-order valence-corrected chi connectivity index (χ1v) is 5.06. The van der Waals surface area contributed by atoms with E-state index in [1.54, 1.807) is 0 Å². The molecule has 0 aromatic heterocycles. The molecule has 0 heterocycles. The molecule has 0 amide bonds. The molecule has 1 aromatic carbocycles. The molecule has 13 heavy (non-hydrogen) atoms. The van der Waals surface area contributed by atoms with Crippen LogP contribution in [0.4, 0.5) is 0 Å². The fourth-order valence-corrected chi connectivity index (χ4v) is 1.55. The standard InChI is InChI=1S/C13H18/c1-3-5-6-10-13-11-8-7-9-12(13)4-2/h3,5,7-9,11H,4,6,10H2,1-2H3/b5-3+. The Bertz CT molecular complexity index is 271. The Morgan fingerprint density at radius 1 is 1.15 bits per heavy atom. The summed E-state index contributed by atoms with van der Waals surface area (Å²) in [6, 6.07) is 8.72. The topological polar surface area (TPSA) is 0 Å². The summed E-state index contributed by atoms with van der Waals surface area (Å²) in [6.45, 7) is 4.29. The van der Waals surface area contributed by atoms with Crippen molar-refractivity contribution in [2.24, 2.45) is 0 Å². The zero-order valence-electron chi connectivity index (χ0n) is 8.59. The maximum absolute atomic E-state index is 2.24. The average molecular weight is 174 g/mol. The van der Waals surface area contributed by atoms with Gasteiger partial charge in [0.05, 0.1) is 0 Å². The summed E-state index contributed by atoms with van der Waals surface area (Å²) in [5, 5.41) is 0. The lowest BCUT2D eigenvalue weighted by Crippen LogP contribution is -1.91. The highest BCUT2D eigenvalue weighted by Crippen LogP contribution is 2.11. The van der Waals surface area contributed by atoms with E-state index in [1.807, 2.05) is 0 Å². The van der Waals surface area contributed by atoms with E-state index in [0.717, 1.165) is 12.8 Å². The molecule has 0 radical (unpaired) electrons. The van der Waals surface area contributed by atoms with Gasteiger partial charge in [0.25, 0.3) is 0 Å². The molecule has 0 bridgehead atoms. The molecule has 0 spiro atoms. The minimum Gasteiger partial charge on any atom is -0.0917 e. The van der Waals surface area contributed by atoms with Crippen molar-refractivity contribution < 1.29 is 0 Å². The van der Waals surface area contributed by atoms with E-state index in [1.165, 1.54) is 17.5 Å². The summed E-state index contributed by atoms with van der Waals surface area (Å²) in [5.41, 5.74) is 3.00. The first-order valence-electron chi connectivity index (χ1n) is 5.06. The SMILES string of the molecule is C/C=C/CCc1ccccc1CC. The Kier molecular flexibility index (Phi) is 4.31. The van der Waals surface area contributed by atoms with Gasteiger partial charge in [0, 0.05) is 0 Å². The van der Waals surface area contributed by atoms with Crippen LogP contribution in [0.25, 0.3) is 0 Å². The van der Waals surface area contributed by atoms with Crippen LogP contribution in [0.2, 0.25) is 0 Å². The third-order valence-corrected chi connectivity index (χ3v) is 2.32. The van der Waals surface area contributed by atoms with E-state index in [4.69, 9.17) is 0 Å². The second kappa shape index (κ2) is 5.58. The Morgan fingerprint density at radius 3 is 2.46 bits per heavy atom. The van der Waals surface area contributed by atoms with E-state index >= 15 is 0 Å². The monoisotopic (exact) mass is 174 g/mol. The number of benzene rings is 1. The van der Waals surface area contributed by atoms with E-state index in [2.05, 4.69) is 50.3 Å². The van der Waals surface area contributed by atoms with Crippen molar-refractivity contribution in [2.75, 3.05) is 0 Å². The Labute approximate surface area is 81.3 Å². The molecular weight excluding hydrogens is 156 g/mol. The first kappa shape index (κ1) is 10.0. The summed E-state index contributed by atoms with van der Waals surface area (Å²) in [7, 11) is 0. The number of hydrogen-bond acceptors (Lipinski definition) is 0. The molecule has 0 aliphatic rings. The molecule has 0 aliphatic heterocycles. The highest BCUT2D eigenvalue weighted by atomic mass is 14.0. The molecule has 1 rings (SSSR count). The van der Waals surface area contributed by atoms with Gasteiger partial charge in [0.15, 0.2) is 0 Å². The lowest BCUT2D eigenvalue weighted by Gasteiger charge is -2.05. The van der Waals surface area contributed by atoms with Crippen molar-refractivity contribution >= 4 is 0 Å². The molecular formula is C13H18. The Morgan fingerprint density at radius 2 is 1.85 bits per heavy atom. The summed E-state index contributed by atoms with van der Waals surface area (Å²) >= 11 is 0. The van der Waals surface area contributed by atoms with Crippen LogP contribution in [-0.4, -0.2) is 0 Å². The van der Waals surface area contributed by atoms with Gasteiger partial charge >= 0.3 is 0 Å². The lowest BCUT2D eigenvalue weighted by atomic mass is 10.0. The third-order valence-electron chi connectivity index (χ3n) is 2.32. The second-order valence-corrected chi connectivity index (χ2v) is 3.23. The average Bonchev–Trinajstić information content (AvgIpc) is 2.19. The van der Waals surface area contributed by atoms with Crippen LogP contribution in [-0.2, 0) is 12.8 Å². The van der Waals surface area contributed by atoms with Crippen molar-refractivity contribution in [2.45, 2.75) is 33.1 Å². The van der Waals surface area contributed by atoms with Crippen LogP contribution in [0, 0.1) is 0 Å². The van der Waals surface area contributed by atoms with Crippen molar-refractivity contribution in [3.63, 3.8) is 0 Å². The molecule has 70 valence electrons. The van der Waals surface area contributed by atoms with Crippen LogP contribution in [0.1, 0.15) is 31.4 Å². The summed E-state index contributed by atoms with van der Waals surface area (Å²) in [6.07, 6.45) is 7.83. The van der Waals surface area contributed by atoms with Gasteiger partial charge in [-0.1, -0.05) is 43.3 Å². The molecule has 0 fully saturated rings. The number of rotatable bonds is 4. The number of hydrogen-bond donors (Lipinski definition) is 0. The Hall–Kier alpha value is -1.04. The van der Waals surface area contributed by atoms with Gasteiger partial charge in [-0.25, -0.2) is 0 Å². The van der Waals surface area contributed by atoms with E-state index in [-0.39, 0.29) is 0 Å². The zero-order valence-corrected chi connectivity index (χ0v) is 8.59. The molecule has 0 atom stereocenters. The normalized spacial score (nSPS) is 10.9. The van der Waals surface area contributed by atoms with Gasteiger partial charge in [-0.2, -0.15) is 0 Å². The highest BCUT2D eigenvalue weighted by molar-refractivity contribution is 5.27. The molecule has 0 aliphatic carbocycles. The van der Waals surface area contributed by atoms with Crippen LogP contribution in [0.3, 0.4) is 0 Å². The summed E-state index contributed by atoms with van der Waals surface area (Å²) < 4.78 is 0. The fraction of sp³-hybridized carbons (Fsp3) is 0.385. The van der Waals surface area contributed by atoms with Gasteiger partial charge in [-0.15, -0.1) is 0 Å². The first-order chi connectivity index (χ1) is 6.38. The number of allylic oxidation sites excluding steroid dienone is 2. The zero-order chi connectivity index (χ0) is 9.52. The largest absolute Gasteiger partial charge is 0.0917 e. The van der Waals surface area contributed by atoms with Gasteiger partial charge in [-0.05, 0) is 37.3 Å². The van der Waals surface area contributed by atoms with E-state index in [9.17, 15) is 0 Å². The minimum absolute atomic E-state index is 1.14. The van der Waals surface area contributed by atoms with E-state index in [0.29, 0.717) is 0 Å².